The van der Waals surface area contributed by atoms with Crippen molar-refractivity contribution in [3.8, 4) is 5.75 Å². The molecule has 0 unspecified atom stereocenters. The first-order chi connectivity index (χ1) is 13.1. The van der Waals surface area contributed by atoms with Crippen LogP contribution in [0.3, 0.4) is 0 Å². The average Bonchev–Trinajstić information content (AvgIpc) is 2.69. The molecule has 3 aromatic rings. The average molecular weight is 382 g/mol. The van der Waals surface area contributed by atoms with Gasteiger partial charge in [-0.25, -0.2) is 0 Å². The fraction of sp³-hybridized carbons (Fsp3) is 0.143. The Bertz CT molecular complexity index is 960. The molecular formula is C21H20ClN3O2. The minimum atomic E-state index is -0.290. The SMILES string of the molecule is COc1ccccc1CNc1ccnc(C(=O)Nc2cc(Cl)ccc2C)c1. The van der Waals surface area contributed by atoms with Crippen molar-refractivity contribution in [3.05, 3.63) is 82.6 Å². The topological polar surface area (TPSA) is 63.2 Å². The van der Waals surface area contributed by atoms with Crippen molar-refractivity contribution in [2.45, 2.75) is 13.5 Å². The summed E-state index contributed by atoms with van der Waals surface area (Å²) in [5, 5.41) is 6.71. The number of hydrogen-bond acceptors (Lipinski definition) is 4. The lowest BCUT2D eigenvalue weighted by molar-refractivity contribution is 0.102. The maximum Gasteiger partial charge on any atom is 0.274 e. The number of methoxy groups -OCH3 is 1. The summed E-state index contributed by atoms with van der Waals surface area (Å²) in [6, 6.07) is 16.7. The second-order valence-electron chi connectivity index (χ2n) is 6.01. The van der Waals surface area contributed by atoms with E-state index in [1.54, 1.807) is 31.5 Å². The highest BCUT2D eigenvalue weighted by Crippen LogP contribution is 2.22. The van der Waals surface area contributed by atoms with Crippen molar-refractivity contribution in [2.75, 3.05) is 17.7 Å². The van der Waals surface area contributed by atoms with Crippen LogP contribution in [0.15, 0.2) is 60.8 Å². The standard InChI is InChI=1S/C21H20ClN3O2/c1-14-7-8-16(22)11-18(14)25-21(26)19-12-17(9-10-23-19)24-13-15-5-3-4-6-20(15)27-2/h3-12H,13H2,1-2H3,(H,23,24)(H,25,26). The summed E-state index contributed by atoms with van der Waals surface area (Å²) in [6.45, 7) is 2.48. The smallest absolute Gasteiger partial charge is 0.274 e. The highest BCUT2D eigenvalue weighted by atomic mass is 35.5. The molecule has 1 amide bonds. The summed E-state index contributed by atoms with van der Waals surface area (Å²) in [5.74, 6) is 0.523. The maximum absolute atomic E-state index is 12.5. The Balaban J connectivity index is 1.71. The molecule has 0 bridgehead atoms. The van der Waals surface area contributed by atoms with E-state index in [1.807, 2.05) is 43.3 Å². The number of benzene rings is 2. The predicted molar refractivity (Wildman–Crippen MR) is 109 cm³/mol. The lowest BCUT2D eigenvalue weighted by atomic mass is 10.2. The van der Waals surface area contributed by atoms with Crippen LogP contribution in [0.4, 0.5) is 11.4 Å². The van der Waals surface area contributed by atoms with Gasteiger partial charge in [-0.05, 0) is 42.8 Å². The lowest BCUT2D eigenvalue weighted by Crippen LogP contribution is -2.15. The van der Waals surface area contributed by atoms with Gasteiger partial charge in [-0.15, -0.1) is 0 Å². The molecule has 0 aliphatic rings. The van der Waals surface area contributed by atoms with Crippen LogP contribution in [-0.4, -0.2) is 18.0 Å². The third-order valence-electron chi connectivity index (χ3n) is 4.12. The van der Waals surface area contributed by atoms with Gasteiger partial charge in [-0.1, -0.05) is 35.9 Å². The van der Waals surface area contributed by atoms with Gasteiger partial charge in [0.1, 0.15) is 11.4 Å². The summed E-state index contributed by atoms with van der Waals surface area (Å²) in [7, 11) is 1.64. The molecule has 6 heteroatoms. The molecule has 0 saturated carbocycles. The van der Waals surface area contributed by atoms with Gasteiger partial charge in [-0.3, -0.25) is 9.78 Å². The van der Waals surface area contributed by atoms with Crippen LogP contribution in [0, 0.1) is 6.92 Å². The summed E-state index contributed by atoms with van der Waals surface area (Å²) < 4.78 is 5.36. The van der Waals surface area contributed by atoms with Crippen LogP contribution >= 0.6 is 11.6 Å². The zero-order valence-corrected chi connectivity index (χ0v) is 15.9. The number of carbonyl (C=O) groups excluding carboxylic acids is 1. The molecule has 3 rings (SSSR count). The van der Waals surface area contributed by atoms with Crippen molar-refractivity contribution in [2.24, 2.45) is 0 Å². The molecule has 0 aliphatic heterocycles. The molecular weight excluding hydrogens is 362 g/mol. The van der Waals surface area contributed by atoms with E-state index in [0.29, 0.717) is 22.9 Å². The molecule has 27 heavy (non-hydrogen) atoms. The highest BCUT2D eigenvalue weighted by molar-refractivity contribution is 6.31. The lowest BCUT2D eigenvalue weighted by Gasteiger charge is -2.12. The van der Waals surface area contributed by atoms with Crippen molar-refractivity contribution in [1.82, 2.24) is 4.98 Å². The number of ether oxygens (including phenoxy) is 1. The maximum atomic E-state index is 12.5. The molecule has 5 nitrogen and oxygen atoms in total. The second-order valence-corrected chi connectivity index (χ2v) is 6.44. The third kappa shape index (κ3) is 4.77. The Morgan fingerprint density at radius 2 is 1.96 bits per heavy atom. The van der Waals surface area contributed by atoms with E-state index >= 15 is 0 Å². The summed E-state index contributed by atoms with van der Waals surface area (Å²) >= 11 is 6.01. The molecule has 0 saturated heterocycles. The van der Waals surface area contributed by atoms with E-state index in [4.69, 9.17) is 16.3 Å². The van der Waals surface area contributed by atoms with Gasteiger partial charge in [0.2, 0.25) is 0 Å². The minimum Gasteiger partial charge on any atom is -0.496 e. The Labute approximate surface area is 163 Å². The van der Waals surface area contributed by atoms with Gasteiger partial charge in [0, 0.05) is 34.7 Å². The molecule has 1 heterocycles. The fourth-order valence-electron chi connectivity index (χ4n) is 2.63. The Morgan fingerprint density at radius 3 is 2.78 bits per heavy atom. The monoisotopic (exact) mass is 381 g/mol. The number of rotatable bonds is 6. The predicted octanol–water partition coefficient (Wildman–Crippen LogP) is 4.92. The van der Waals surface area contributed by atoms with E-state index in [9.17, 15) is 4.79 Å². The second kappa shape index (κ2) is 8.56. The Hall–Kier alpha value is -3.05. The van der Waals surface area contributed by atoms with Crippen LogP contribution in [0.25, 0.3) is 0 Å². The van der Waals surface area contributed by atoms with Gasteiger partial charge in [-0.2, -0.15) is 0 Å². The number of pyridine rings is 1. The van der Waals surface area contributed by atoms with E-state index in [0.717, 1.165) is 22.6 Å². The zero-order valence-electron chi connectivity index (χ0n) is 15.1. The molecule has 138 valence electrons. The molecule has 0 spiro atoms. The number of nitrogens with one attached hydrogen (secondary N) is 2. The number of anilines is 2. The number of aryl methyl sites for hydroxylation is 1. The Kier molecular flexibility index (Phi) is 5.94. The largest absolute Gasteiger partial charge is 0.496 e. The number of carbonyl (C=O) groups is 1. The molecule has 2 N–H and O–H groups in total. The van der Waals surface area contributed by atoms with E-state index in [1.165, 1.54) is 0 Å². The molecule has 1 aromatic heterocycles. The fourth-order valence-corrected chi connectivity index (χ4v) is 2.80. The van der Waals surface area contributed by atoms with Gasteiger partial charge in [0.15, 0.2) is 0 Å². The van der Waals surface area contributed by atoms with Crippen LogP contribution in [0.5, 0.6) is 5.75 Å². The number of amides is 1. The van der Waals surface area contributed by atoms with Gasteiger partial charge in [0.05, 0.1) is 7.11 Å². The van der Waals surface area contributed by atoms with Gasteiger partial charge < -0.3 is 15.4 Å². The Morgan fingerprint density at radius 1 is 1.15 bits per heavy atom. The summed E-state index contributed by atoms with van der Waals surface area (Å²) in [6.07, 6.45) is 1.60. The molecule has 0 radical (unpaired) electrons. The summed E-state index contributed by atoms with van der Waals surface area (Å²) in [5.41, 5.74) is 3.74. The number of aromatic nitrogens is 1. The zero-order chi connectivity index (χ0) is 19.2. The van der Waals surface area contributed by atoms with Crippen LogP contribution in [-0.2, 0) is 6.54 Å². The molecule has 0 atom stereocenters. The van der Waals surface area contributed by atoms with E-state index in [-0.39, 0.29) is 5.91 Å². The quantitative estimate of drug-likeness (QED) is 0.636. The summed E-state index contributed by atoms with van der Waals surface area (Å²) in [4.78, 5) is 16.7. The first kappa shape index (κ1) is 18.7. The van der Waals surface area contributed by atoms with Crippen LogP contribution in [0.1, 0.15) is 21.6 Å². The highest BCUT2D eigenvalue weighted by Gasteiger charge is 2.11. The number of halogens is 1. The normalized spacial score (nSPS) is 10.3. The number of hydrogen-bond donors (Lipinski definition) is 2. The number of nitrogens with zero attached hydrogens (tertiary/aromatic N) is 1. The third-order valence-corrected chi connectivity index (χ3v) is 4.35. The van der Waals surface area contributed by atoms with Crippen LogP contribution in [0.2, 0.25) is 5.02 Å². The van der Waals surface area contributed by atoms with Crippen molar-refractivity contribution in [3.63, 3.8) is 0 Å². The van der Waals surface area contributed by atoms with Gasteiger partial charge in [0.25, 0.3) is 5.91 Å². The first-order valence-electron chi connectivity index (χ1n) is 8.46. The van der Waals surface area contributed by atoms with Crippen molar-refractivity contribution in [1.29, 1.82) is 0 Å². The minimum absolute atomic E-state index is 0.290. The van der Waals surface area contributed by atoms with Crippen molar-refractivity contribution < 1.29 is 9.53 Å². The molecule has 0 aliphatic carbocycles. The first-order valence-corrected chi connectivity index (χ1v) is 8.84. The van der Waals surface area contributed by atoms with E-state index in [2.05, 4.69) is 15.6 Å². The molecule has 2 aromatic carbocycles. The number of para-hydroxylation sites is 1. The molecule has 0 fully saturated rings. The van der Waals surface area contributed by atoms with Gasteiger partial charge >= 0.3 is 0 Å². The van der Waals surface area contributed by atoms with Crippen molar-refractivity contribution >= 4 is 28.9 Å². The van der Waals surface area contributed by atoms with E-state index < -0.39 is 0 Å². The van der Waals surface area contributed by atoms with Crippen LogP contribution < -0.4 is 15.4 Å².